The molecule has 1 aliphatic rings. The van der Waals surface area contributed by atoms with Crippen LogP contribution in [0, 0.1) is 17.1 Å². The second kappa shape index (κ2) is 8.97. The first-order valence-electron chi connectivity index (χ1n) is 8.81. The second-order valence-electron chi connectivity index (χ2n) is 6.32. The van der Waals surface area contributed by atoms with Gasteiger partial charge in [-0.3, -0.25) is 10.2 Å². The maximum absolute atomic E-state index is 13.2. The zero-order valence-corrected chi connectivity index (χ0v) is 14.9. The van der Waals surface area contributed by atoms with Crippen molar-refractivity contribution < 1.29 is 18.7 Å². The Labute approximate surface area is 161 Å². The Kier molecular flexibility index (Phi) is 6.19. The summed E-state index contributed by atoms with van der Waals surface area (Å²) >= 11 is 0. The van der Waals surface area contributed by atoms with Gasteiger partial charge < -0.3 is 10.1 Å². The fraction of sp³-hybridized carbons (Fsp3) is 0.250. The van der Waals surface area contributed by atoms with Gasteiger partial charge in [-0.25, -0.2) is 14.6 Å². The van der Waals surface area contributed by atoms with Gasteiger partial charge in [-0.1, -0.05) is 12.1 Å². The predicted molar refractivity (Wildman–Crippen MR) is 98.4 cm³/mol. The number of nitriles is 1. The molecule has 1 fully saturated rings. The topological polar surface area (TPSA) is 103 Å². The first-order valence-corrected chi connectivity index (χ1v) is 8.81. The van der Waals surface area contributed by atoms with E-state index >= 15 is 0 Å². The molecule has 2 aromatic carbocycles. The molecular weight excluding hydrogens is 363 g/mol. The first-order chi connectivity index (χ1) is 13.6. The third kappa shape index (κ3) is 4.84. The van der Waals surface area contributed by atoms with Crippen molar-refractivity contribution in [2.24, 2.45) is 0 Å². The number of urea groups is 1. The second-order valence-corrected chi connectivity index (χ2v) is 6.32. The number of hydrazine groups is 1. The smallest absolute Gasteiger partial charge is 0.334 e. The van der Waals surface area contributed by atoms with Gasteiger partial charge in [-0.2, -0.15) is 5.26 Å². The fourth-order valence-electron chi connectivity index (χ4n) is 2.99. The summed E-state index contributed by atoms with van der Waals surface area (Å²) in [5.74, 6) is -0.885. The SMILES string of the molecule is N#Cc1ccc(C(=O)NNC(=O)NC(c2ccc(F)cc2)C2CCCO2)cc1. The molecule has 1 heterocycles. The monoisotopic (exact) mass is 382 g/mol. The number of carbonyl (C=O) groups is 2. The van der Waals surface area contributed by atoms with Crippen LogP contribution < -0.4 is 16.2 Å². The lowest BCUT2D eigenvalue weighted by Gasteiger charge is -2.25. The first kappa shape index (κ1) is 19.3. The molecule has 0 saturated carbocycles. The molecule has 144 valence electrons. The van der Waals surface area contributed by atoms with Crippen LogP contribution in [0.25, 0.3) is 0 Å². The molecule has 2 atom stereocenters. The zero-order chi connectivity index (χ0) is 19.9. The lowest BCUT2D eigenvalue weighted by molar-refractivity contribution is 0.0800. The van der Waals surface area contributed by atoms with E-state index in [1.54, 1.807) is 12.1 Å². The molecule has 0 bridgehead atoms. The number of rotatable bonds is 4. The largest absolute Gasteiger partial charge is 0.376 e. The lowest BCUT2D eigenvalue weighted by Crippen LogP contribution is -2.49. The van der Waals surface area contributed by atoms with Gasteiger partial charge in [0.25, 0.3) is 5.91 Å². The van der Waals surface area contributed by atoms with Crippen LogP contribution >= 0.6 is 0 Å². The number of amides is 3. The van der Waals surface area contributed by atoms with Gasteiger partial charge >= 0.3 is 6.03 Å². The molecule has 3 amide bonds. The molecular formula is C20H19FN4O3. The van der Waals surface area contributed by atoms with E-state index in [1.165, 1.54) is 36.4 Å². The van der Waals surface area contributed by atoms with Gasteiger partial charge in [0.1, 0.15) is 5.82 Å². The highest BCUT2D eigenvalue weighted by atomic mass is 19.1. The number of benzene rings is 2. The van der Waals surface area contributed by atoms with Crippen LogP contribution in [0.1, 0.15) is 40.4 Å². The van der Waals surface area contributed by atoms with Gasteiger partial charge in [0, 0.05) is 12.2 Å². The summed E-state index contributed by atoms with van der Waals surface area (Å²) in [6.45, 7) is 0.598. The Morgan fingerprint density at radius 1 is 1.11 bits per heavy atom. The number of halogens is 1. The number of nitrogens with one attached hydrogen (secondary N) is 3. The van der Waals surface area contributed by atoms with Gasteiger partial charge in [0.05, 0.1) is 23.8 Å². The summed E-state index contributed by atoms with van der Waals surface area (Å²) < 4.78 is 18.9. The Morgan fingerprint density at radius 2 is 1.82 bits per heavy atom. The Balaban J connectivity index is 1.60. The number of hydrogen-bond acceptors (Lipinski definition) is 4. The molecule has 3 N–H and O–H groups in total. The summed E-state index contributed by atoms with van der Waals surface area (Å²) in [5.41, 5.74) is 6.05. The number of hydrogen-bond donors (Lipinski definition) is 3. The molecule has 0 radical (unpaired) electrons. The van der Waals surface area contributed by atoms with Crippen LogP contribution in [0.15, 0.2) is 48.5 Å². The van der Waals surface area contributed by atoms with Crippen molar-refractivity contribution in [3.8, 4) is 6.07 Å². The Morgan fingerprint density at radius 3 is 2.43 bits per heavy atom. The number of ether oxygens (including phenoxy) is 1. The van der Waals surface area contributed by atoms with E-state index in [0.717, 1.165) is 12.8 Å². The van der Waals surface area contributed by atoms with E-state index < -0.39 is 18.0 Å². The van der Waals surface area contributed by atoms with E-state index in [9.17, 15) is 14.0 Å². The van der Waals surface area contributed by atoms with E-state index in [0.29, 0.717) is 23.3 Å². The minimum atomic E-state index is -0.619. The molecule has 1 saturated heterocycles. The van der Waals surface area contributed by atoms with Crippen molar-refractivity contribution in [1.29, 1.82) is 5.26 Å². The highest BCUT2D eigenvalue weighted by Gasteiger charge is 2.29. The van der Waals surface area contributed by atoms with Crippen LogP contribution in [0.4, 0.5) is 9.18 Å². The summed E-state index contributed by atoms with van der Waals surface area (Å²) in [7, 11) is 0. The summed E-state index contributed by atoms with van der Waals surface area (Å²) in [6.07, 6.45) is 1.41. The molecule has 0 aromatic heterocycles. The summed E-state index contributed by atoms with van der Waals surface area (Å²) in [6, 6.07) is 12.7. The van der Waals surface area contributed by atoms with Crippen molar-refractivity contribution in [2.45, 2.75) is 25.0 Å². The van der Waals surface area contributed by atoms with Crippen molar-refractivity contribution in [1.82, 2.24) is 16.2 Å². The molecule has 2 aromatic rings. The molecule has 1 aliphatic heterocycles. The highest BCUT2D eigenvalue weighted by Crippen LogP contribution is 2.27. The van der Waals surface area contributed by atoms with Gasteiger partial charge in [-0.15, -0.1) is 0 Å². The quantitative estimate of drug-likeness (QED) is 0.707. The summed E-state index contributed by atoms with van der Waals surface area (Å²) in [4.78, 5) is 24.4. The van der Waals surface area contributed by atoms with Crippen molar-refractivity contribution in [2.75, 3.05) is 6.61 Å². The normalized spacial score (nSPS) is 16.6. The Hall–Kier alpha value is -3.44. The van der Waals surface area contributed by atoms with Crippen LogP contribution in [-0.4, -0.2) is 24.6 Å². The fourth-order valence-corrected chi connectivity index (χ4v) is 2.99. The van der Waals surface area contributed by atoms with Crippen LogP contribution in [-0.2, 0) is 4.74 Å². The highest BCUT2D eigenvalue weighted by molar-refractivity contribution is 5.95. The molecule has 7 nitrogen and oxygen atoms in total. The average Bonchev–Trinajstić information content (AvgIpc) is 3.25. The lowest BCUT2D eigenvalue weighted by atomic mass is 9.99. The van der Waals surface area contributed by atoms with Crippen molar-refractivity contribution in [3.63, 3.8) is 0 Å². The van der Waals surface area contributed by atoms with E-state index in [2.05, 4.69) is 16.2 Å². The number of carbonyl (C=O) groups excluding carboxylic acids is 2. The van der Waals surface area contributed by atoms with Crippen molar-refractivity contribution in [3.05, 3.63) is 71.0 Å². The molecule has 0 aliphatic carbocycles. The van der Waals surface area contributed by atoms with E-state index in [-0.39, 0.29) is 11.9 Å². The average molecular weight is 382 g/mol. The maximum atomic E-state index is 13.2. The molecule has 28 heavy (non-hydrogen) atoms. The third-order valence-corrected chi connectivity index (χ3v) is 4.42. The van der Waals surface area contributed by atoms with Crippen molar-refractivity contribution >= 4 is 11.9 Å². The molecule has 2 unspecified atom stereocenters. The maximum Gasteiger partial charge on any atom is 0.334 e. The molecule has 3 rings (SSSR count). The molecule has 8 heteroatoms. The minimum absolute atomic E-state index is 0.231. The van der Waals surface area contributed by atoms with E-state index in [1.807, 2.05) is 6.07 Å². The van der Waals surface area contributed by atoms with Gasteiger partial charge in [-0.05, 0) is 54.8 Å². The summed E-state index contributed by atoms with van der Waals surface area (Å²) in [5, 5.41) is 11.5. The standard InChI is InChI=1S/C20H19FN4O3/c21-16-9-7-14(8-10-16)18(17-2-1-11-28-17)23-20(27)25-24-19(26)15-5-3-13(12-22)4-6-15/h3-10,17-18H,1-2,11H2,(H,24,26)(H2,23,25,27). The number of nitrogens with zero attached hydrogens (tertiary/aromatic N) is 1. The third-order valence-electron chi connectivity index (χ3n) is 4.42. The predicted octanol–water partition coefficient (Wildman–Crippen LogP) is 2.56. The molecule has 0 spiro atoms. The zero-order valence-electron chi connectivity index (χ0n) is 14.9. The minimum Gasteiger partial charge on any atom is -0.376 e. The Bertz CT molecular complexity index is 872. The van der Waals surface area contributed by atoms with Gasteiger partial charge in [0.2, 0.25) is 0 Å². The van der Waals surface area contributed by atoms with E-state index in [4.69, 9.17) is 10.00 Å². The van der Waals surface area contributed by atoms with Crippen LogP contribution in [0.5, 0.6) is 0 Å². The van der Waals surface area contributed by atoms with Crippen LogP contribution in [0.2, 0.25) is 0 Å². The van der Waals surface area contributed by atoms with Gasteiger partial charge in [0.15, 0.2) is 0 Å². The van der Waals surface area contributed by atoms with Crippen LogP contribution in [0.3, 0.4) is 0 Å².